The van der Waals surface area contributed by atoms with Crippen molar-refractivity contribution < 1.29 is 17.8 Å². The zero-order chi connectivity index (χ0) is 12.8. The number of hydrogen-bond acceptors (Lipinski definition) is 2. The van der Waals surface area contributed by atoms with Crippen LogP contribution in [0.3, 0.4) is 0 Å². The number of benzene rings is 1. The molecule has 17 heavy (non-hydrogen) atoms. The van der Waals surface area contributed by atoms with Crippen molar-refractivity contribution in [3.8, 4) is 0 Å². The van der Waals surface area contributed by atoms with Crippen molar-refractivity contribution in [3.63, 3.8) is 0 Å². The second kappa shape index (κ2) is 6.59. The molecular weight excluding hydrogens is 246 g/mol. The molecule has 0 spiro atoms. The minimum atomic E-state index is -1.38. The van der Waals surface area contributed by atoms with Crippen LogP contribution in [-0.2, 0) is 15.6 Å². The first-order chi connectivity index (χ1) is 8.04. The first kappa shape index (κ1) is 14.0. The largest absolute Gasteiger partial charge is 0.300 e. The lowest BCUT2D eigenvalue weighted by Gasteiger charge is -2.02. The van der Waals surface area contributed by atoms with E-state index in [0.717, 1.165) is 12.1 Å². The van der Waals surface area contributed by atoms with E-state index in [1.165, 1.54) is 6.07 Å². The maximum absolute atomic E-state index is 12.9. The maximum Gasteiger partial charge on any atom is 0.160 e. The molecule has 0 heterocycles. The van der Waals surface area contributed by atoms with Crippen LogP contribution in [-0.4, -0.2) is 15.7 Å². The highest BCUT2D eigenvalue weighted by Crippen LogP contribution is 2.13. The van der Waals surface area contributed by atoms with Crippen LogP contribution in [0.4, 0.5) is 8.78 Å². The van der Waals surface area contributed by atoms with E-state index in [-0.39, 0.29) is 16.4 Å². The summed E-state index contributed by atoms with van der Waals surface area (Å²) < 4.78 is 37.2. The molecule has 0 aliphatic rings. The van der Waals surface area contributed by atoms with Crippen molar-refractivity contribution in [1.82, 2.24) is 0 Å². The third-order valence-electron chi connectivity index (χ3n) is 2.33. The average Bonchev–Trinajstić information content (AvgIpc) is 2.32. The topological polar surface area (TPSA) is 34.1 Å². The van der Waals surface area contributed by atoms with Crippen molar-refractivity contribution >= 4 is 16.6 Å². The van der Waals surface area contributed by atoms with Gasteiger partial charge in [0.25, 0.3) is 0 Å². The van der Waals surface area contributed by atoms with E-state index in [4.69, 9.17) is 0 Å². The zero-order valence-electron chi connectivity index (χ0n) is 9.54. The Bertz CT molecular complexity index is 433. The van der Waals surface area contributed by atoms with E-state index in [1.807, 2.05) is 0 Å². The monoisotopic (exact) mass is 260 g/mol. The van der Waals surface area contributed by atoms with Crippen LogP contribution < -0.4 is 0 Å². The third kappa shape index (κ3) is 4.34. The lowest BCUT2D eigenvalue weighted by atomic mass is 10.2. The van der Waals surface area contributed by atoms with Crippen molar-refractivity contribution in [3.05, 3.63) is 29.8 Å². The minimum Gasteiger partial charge on any atom is -0.300 e. The number of ketones is 1. The standard InChI is InChI=1S/C12H14F2O2S/c1-2-9(15)4-3-7-17(16)10-5-6-11(13)12(14)8-10/h5-6,8H,2-4,7H2,1H3. The van der Waals surface area contributed by atoms with Gasteiger partial charge in [-0.2, -0.15) is 0 Å². The molecule has 1 unspecified atom stereocenters. The zero-order valence-corrected chi connectivity index (χ0v) is 10.4. The van der Waals surface area contributed by atoms with Gasteiger partial charge in [0, 0.05) is 23.5 Å². The van der Waals surface area contributed by atoms with E-state index in [0.29, 0.717) is 19.3 Å². The van der Waals surface area contributed by atoms with Gasteiger partial charge in [-0.15, -0.1) is 0 Å². The summed E-state index contributed by atoms with van der Waals surface area (Å²) in [6.07, 6.45) is 1.35. The molecule has 0 bridgehead atoms. The molecule has 0 N–H and O–H groups in total. The first-order valence-electron chi connectivity index (χ1n) is 5.39. The van der Waals surface area contributed by atoms with Crippen LogP contribution in [0, 0.1) is 11.6 Å². The third-order valence-corrected chi connectivity index (χ3v) is 3.77. The Hall–Kier alpha value is -1.10. The molecule has 0 aliphatic heterocycles. The molecule has 94 valence electrons. The number of Topliss-reactive ketones (excluding diaryl/α,β-unsaturated/α-hetero) is 1. The molecule has 0 saturated heterocycles. The van der Waals surface area contributed by atoms with E-state index < -0.39 is 22.4 Å². The summed E-state index contributed by atoms with van der Waals surface area (Å²) in [5.41, 5.74) is 0. The van der Waals surface area contributed by atoms with Crippen LogP contribution >= 0.6 is 0 Å². The van der Waals surface area contributed by atoms with Gasteiger partial charge in [-0.05, 0) is 24.6 Å². The van der Waals surface area contributed by atoms with Gasteiger partial charge >= 0.3 is 0 Å². The summed E-state index contributed by atoms with van der Waals surface area (Å²) >= 11 is 0. The Balaban J connectivity index is 2.52. The van der Waals surface area contributed by atoms with Gasteiger partial charge in [-0.25, -0.2) is 8.78 Å². The first-order valence-corrected chi connectivity index (χ1v) is 6.71. The van der Waals surface area contributed by atoms with E-state index >= 15 is 0 Å². The SMILES string of the molecule is CCC(=O)CCCS(=O)c1ccc(F)c(F)c1. The molecular formula is C12H14F2O2S. The predicted molar refractivity (Wildman–Crippen MR) is 62.2 cm³/mol. The number of carbonyl (C=O) groups is 1. The van der Waals surface area contributed by atoms with Gasteiger partial charge in [0.15, 0.2) is 11.6 Å². The molecule has 1 atom stereocenters. The maximum atomic E-state index is 12.9. The van der Waals surface area contributed by atoms with Crippen LogP contribution in [0.25, 0.3) is 0 Å². The van der Waals surface area contributed by atoms with Gasteiger partial charge in [0.2, 0.25) is 0 Å². The predicted octanol–water partition coefficient (Wildman–Crippen LogP) is 2.83. The fourth-order valence-electron chi connectivity index (χ4n) is 1.31. The van der Waals surface area contributed by atoms with Crippen molar-refractivity contribution in [1.29, 1.82) is 0 Å². The molecule has 1 aromatic rings. The fraction of sp³-hybridized carbons (Fsp3) is 0.417. The summed E-state index contributed by atoms with van der Waals surface area (Å²) in [6.45, 7) is 1.77. The lowest BCUT2D eigenvalue weighted by Crippen LogP contribution is -2.03. The van der Waals surface area contributed by atoms with Crippen LogP contribution in [0.1, 0.15) is 26.2 Å². The van der Waals surface area contributed by atoms with Gasteiger partial charge in [-0.1, -0.05) is 6.92 Å². The molecule has 5 heteroatoms. The highest BCUT2D eigenvalue weighted by Gasteiger charge is 2.09. The number of carbonyl (C=O) groups excluding carboxylic acids is 1. The van der Waals surface area contributed by atoms with Crippen molar-refractivity contribution in [2.45, 2.75) is 31.1 Å². The molecule has 1 aromatic carbocycles. The second-order valence-electron chi connectivity index (χ2n) is 3.62. The highest BCUT2D eigenvalue weighted by molar-refractivity contribution is 7.85. The summed E-state index contributed by atoms with van der Waals surface area (Å²) in [6, 6.07) is 3.20. The molecule has 0 amide bonds. The molecule has 1 rings (SSSR count). The Labute approximate surface area is 101 Å². The number of rotatable bonds is 6. The quantitative estimate of drug-likeness (QED) is 0.788. The molecule has 0 saturated carbocycles. The average molecular weight is 260 g/mol. The van der Waals surface area contributed by atoms with Crippen molar-refractivity contribution in [2.75, 3.05) is 5.75 Å². The number of hydrogen-bond donors (Lipinski definition) is 0. The highest BCUT2D eigenvalue weighted by atomic mass is 32.2. The van der Waals surface area contributed by atoms with Gasteiger partial charge in [0.1, 0.15) is 5.78 Å². The Morgan fingerprint density at radius 1 is 1.29 bits per heavy atom. The fourth-order valence-corrected chi connectivity index (χ4v) is 2.41. The summed E-state index contributed by atoms with van der Waals surface area (Å²) in [4.78, 5) is 11.3. The molecule has 0 radical (unpaired) electrons. The lowest BCUT2D eigenvalue weighted by molar-refractivity contribution is -0.118. The van der Waals surface area contributed by atoms with E-state index in [2.05, 4.69) is 0 Å². The molecule has 0 aromatic heterocycles. The minimum absolute atomic E-state index is 0.118. The summed E-state index contributed by atoms with van der Waals surface area (Å²) in [5.74, 6) is -1.55. The normalized spacial score (nSPS) is 12.4. The summed E-state index contributed by atoms with van der Waals surface area (Å²) in [7, 11) is -1.38. The van der Waals surface area contributed by atoms with Gasteiger partial charge in [-0.3, -0.25) is 9.00 Å². The Kier molecular flexibility index (Phi) is 5.41. The van der Waals surface area contributed by atoms with Crippen LogP contribution in [0.15, 0.2) is 23.1 Å². The molecule has 0 aliphatic carbocycles. The van der Waals surface area contributed by atoms with Gasteiger partial charge in [0.05, 0.1) is 10.8 Å². The smallest absolute Gasteiger partial charge is 0.160 e. The summed E-state index contributed by atoms with van der Waals surface area (Å²) in [5, 5.41) is 0. The second-order valence-corrected chi connectivity index (χ2v) is 5.19. The Morgan fingerprint density at radius 2 is 2.00 bits per heavy atom. The van der Waals surface area contributed by atoms with Crippen LogP contribution in [0.2, 0.25) is 0 Å². The van der Waals surface area contributed by atoms with Crippen molar-refractivity contribution in [2.24, 2.45) is 0 Å². The van der Waals surface area contributed by atoms with E-state index in [1.54, 1.807) is 6.92 Å². The number of halogens is 2. The molecule has 2 nitrogen and oxygen atoms in total. The molecule has 0 fully saturated rings. The van der Waals surface area contributed by atoms with Gasteiger partial charge < -0.3 is 0 Å². The van der Waals surface area contributed by atoms with E-state index in [9.17, 15) is 17.8 Å². The Morgan fingerprint density at radius 3 is 2.59 bits per heavy atom. The van der Waals surface area contributed by atoms with Crippen LogP contribution in [0.5, 0.6) is 0 Å².